The van der Waals surface area contributed by atoms with E-state index in [4.69, 9.17) is 10.1 Å². The number of nitrogens with one attached hydrogen (secondary N) is 2. The Morgan fingerprint density at radius 1 is 1.89 bits per heavy atom. The maximum Gasteiger partial charge on any atom is 0.180 e. The van der Waals surface area contributed by atoms with Crippen LogP contribution in [0.4, 0.5) is 0 Å². The second-order valence-corrected chi connectivity index (χ2v) is 2.26. The minimum absolute atomic E-state index is 0.252. The van der Waals surface area contributed by atoms with Crippen molar-refractivity contribution in [3.8, 4) is 0 Å². The van der Waals surface area contributed by atoms with E-state index in [2.05, 4.69) is 5.32 Å². The zero-order chi connectivity index (χ0) is 6.69. The van der Waals surface area contributed by atoms with Gasteiger partial charge in [-0.15, -0.1) is 0 Å². The summed E-state index contributed by atoms with van der Waals surface area (Å²) < 4.78 is 5.12. The van der Waals surface area contributed by atoms with Crippen LogP contribution in [0, 0.1) is 5.41 Å². The molecule has 0 bridgehead atoms. The Balaban J connectivity index is 2.22. The lowest BCUT2D eigenvalue weighted by Gasteiger charge is -2.06. The van der Waals surface area contributed by atoms with E-state index in [1.54, 1.807) is 0 Å². The lowest BCUT2D eigenvalue weighted by atomic mass is 10.2. The highest BCUT2D eigenvalue weighted by Crippen LogP contribution is 2.12. The van der Waals surface area contributed by atoms with E-state index < -0.39 is 0 Å². The molecule has 0 aromatic rings. The van der Waals surface area contributed by atoms with Crippen molar-refractivity contribution in [2.75, 3.05) is 13.6 Å². The Kier molecular flexibility index (Phi) is 2.05. The van der Waals surface area contributed by atoms with Gasteiger partial charge in [0.05, 0.1) is 0 Å². The second kappa shape index (κ2) is 2.82. The van der Waals surface area contributed by atoms with E-state index in [0.717, 1.165) is 19.4 Å². The molecule has 3 nitrogen and oxygen atoms in total. The van der Waals surface area contributed by atoms with Gasteiger partial charge in [0.15, 0.2) is 5.90 Å². The molecule has 0 amide bonds. The first kappa shape index (κ1) is 6.55. The van der Waals surface area contributed by atoms with Gasteiger partial charge in [-0.2, -0.15) is 0 Å². The third-order valence-corrected chi connectivity index (χ3v) is 1.43. The zero-order valence-corrected chi connectivity index (χ0v) is 5.61. The van der Waals surface area contributed by atoms with Crippen LogP contribution < -0.4 is 5.32 Å². The minimum atomic E-state index is 0.252. The SMILES string of the molecule is CNC[C@H]1CCC(=N)O1. The van der Waals surface area contributed by atoms with Crippen molar-refractivity contribution in [2.45, 2.75) is 18.9 Å². The van der Waals surface area contributed by atoms with Crippen molar-refractivity contribution in [1.29, 1.82) is 5.41 Å². The summed E-state index contributed by atoms with van der Waals surface area (Å²) in [5.74, 6) is 0.440. The molecule has 52 valence electrons. The van der Waals surface area contributed by atoms with Gasteiger partial charge >= 0.3 is 0 Å². The van der Waals surface area contributed by atoms with Crippen molar-refractivity contribution in [2.24, 2.45) is 0 Å². The Hall–Kier alpha value is -0.570. The summed E-state index contributed by atoms with van der Waals surface area (Å²) in [7, 11) is 1.89. The van der Waals surface area contributed by atoms with Crippen LogP contribution in [0.5, 0.6) is 0 Å². The first-order valence-electron chi connectivity index (χ1n) is 3.21. The first-order chi connectivity index (χ1) is 4.33. The van der Waals surface area contributed by atoms with Crippen LogP contribution in [0.3, 0.4) is 0 Å². The molecule has 0 radical (unpaired) electrons. The Morgan fingerprint density at radius 2 is 2.67 bits per heavy atom. The Labute approximate surface area is 54.9 Å². The molecular formula is C6H12N2O. The van der Waals surface area contributed by atoms with Gasteiger partial charge in [0, 0.05) is 13.0 Å². The molecule has 1 aliphatic rings. The van der Waals surface area contributed by atoms with E-state index in [-0.39, 0.29) is 6.10 Å². The Bertz CT molecular complexity index is 114. The molecule has 1 atom stereocenters. The molecule has 9 heavy (non-hydrogen) atoms. The number of hydrogen-bond acceptors (Lipinski definition) is 3. The molecule has 1 saturated heterocycles. The molecule has 0 aromatic heterocycles. The fraction of sp³-hybridized carbons (Fsp3) is 0.833. The molecule has 1 aliphatic heterocycles. The molecule has 1 fully saturated rings. The van der Waals surface area contributed by atoms with E-state index in [1.165, 1.54) is 0 Å². The van der Waals surface area contributed by atoms with Gasteiger partial charge in [0.2, 0.25) is 0 Å². The number of likely N-dealkylation sites (N-methyl/N-ethyl adjacent to an activating group) is 1. The second-order valence-electron chi connectivity index (χ2n) is 2.26. The average Bonchev–Trinajstić information content (AvgIpc) is 2.17. The van der Waals surface area contributed by atoms with Gasteiger partial charge in [0.25, 0.3) is 0 Å². The fourth-order valence-corrected chi connectivity index (χ4v) is 0.983. The van der Waals surface area contributed by atoms with Crippen molar-refractivity contribution in [3.63, 3.8) is 0 Å². The van der Waals surface area contributed by atoms with Gasteiger partial charge in [0.1, 0.15) is 6.10 Å². The van der Waals surface area contributed by atoms with Gasteiger partial charge in [-0.3, -0.25) is 5.41 Å². The lowest BCUT2D eigenvalue weighted by Crippen LogP contribution is -2.22. The monoisotopic (exact) mass is 128 g/mol. The smallest absolute Gasteiger partial charge is 0.180 e. The van der Waals surface area contributed by atoms with Crippen molar-refractivity contribution >= 4 is 5.90 Å². The van der Waals surface area contributed by atoms with E-state index >= 15 is 0 Å². The summed E-state index contributed by atoms with van der Waals surface area (Å²) in [6.07, 6.45) is 2.06. The highest BCUT2D eigenvalue weighted by Gasteiger charge is 2.18. The predicted octanol–water partition coefficient (Wildman–Crippen LogP) is 0.362. The molecule has 2 N–H and O–H groups in total. The third kappa shape index (κ3) is 1.68. The standard InChI is InChI=1S/C6H12N2O/c1-8-4-5-2-3-6(7)9-5/h5,7-8H,2-4H2,1H3/t5-/m1/s1. The summed E-state index contributed by atoms with van der Waals surface area (Å²) in [5, 5.41) is 10.1. The maximum atomic E-state index is 7.11. The first-order valence-corrected chi connectivity index (χ1v) is 3.21. The summed E-state index contributed by atoms with van der Waals surface area (Å²) in [4.78, 5) is 0. The normalized spacial score (nSPS) is 26.3. The van der Waals surface area contributed by atoms with Gasteiger partial charge in [-0.05, 0) is 13.5 Å². The summed E-state index contributed by atoms with van der Waals surface area (Å²) >= 11 is 0. The van der Waals surface area contributed by atoms with E-state index in [9.17, 15) is 0 Å². The molecular weight excluding hydrogens is 116 g/mol. The summed E-state index contributed by atoms with van der Waals surface area (Å²) in [6, 6.07) is 0. The lowest BCUT2D eigenvalue weighted by molar-refractivity contribution is 0.216. The van der Waals surface area contributed by atoms with Crippen LogP contribution in [0.25, 0.3) is 0 Å². The van der Waals surface area contributed by atoms with Crippen LogP contribution in [0.1, 0.15) is 12.8 Å². The van der Waals surface area contributed by atoms with Crippen LogP contribution in [-0.4, -0.2) is 25.6 Å². The van der Waals surface area contributed by atoms with E-state index in [0.29, 0.717) is 5.90 Å². The van der Waals surface area contributed by atoms with Crippen molar-refractivity contribution in [3.05, 3.63) is 0 Å². The average molecular weight is 128 g/mol. The summed E-state index contributed by atoms with van der Waals surface area (Å²) in [6.45, 7) is 0.863. The molecule has 0 unspecified atom stereocenters. The van der Waals surface area contributed by atoms with Crippen LogP contribution >= 0.6 is 0 Å². The van der Waals surface area contributed by atoms with Gasteiger partial charge in [-0.1, -0.05) is 0 Å². The largest absolute Gasteiger partial charge is 0.477 e. The van der Waals surface area contributed by atoms with Crippen molar-refractivity contribution < 1.29 is 4.74 Å². The predicted molar refractivity (Wildman–Crippen MR) is 35.8 cm³/mol. The number of hydrogen-bond donors (Lipinski definition) is 2. The molecule has 3 heteroatoms. The highest BCUT2D eigenvalue weighted by molar-refractivity contribution is 5.74. The maximum absolute atomic E-state index is 7.11. The number of ether oxygens (including phenoxy) is 1. The molecule has 0 aliphatic carbocycles. The molecule has 1 heterocycles. The van der Waals surface area contributed by atoms with E-state index in [1.807, 2.05) is 7.05 Å². The molecule has 0 aromatic carbocycles. The quantitative estimate of drug-likeness (QED) is 0.564. The van der Waals surface area contributed by atoms with Crippen LogP contribution in [0.2, 0.25) is 0 Å². The molecule has 0 spiro atoms. The Morgan fingerprint density at radius 3 is 3.11 bits per heavy atom. The topological polar surface area (TPSA) is 45.1 Å². The zero-order valence-electron chi connectivity index (χ0n) is 5.61. The highest BCUT2D eigenvalue weighted by atomic mass is 16.5. The van der Waals surface area contributed by atoms with Gasteiger partial charge in [-0.25, -0.2) is 0 Å². The third-order valence-electron chi connectivity index (χ3n) is 1.43. The number of rotatable bonds is 2. The minimum Gasteiger partial charge on any atom is -0.477 e. The van der Waals surface area contributed by atoms with Crippen molar-refractivity contribution in [1.82, 2.24) is 5.32 Å². The molecule has 0 saturated carbocycles. The molecule has 1 rings (SSSR count). The van der Waals surface area contributed by atoms with Crippen LogP contribution in [-0.2, 0) is 4.74 Å². The summed E-state index contributed by atoms with van der Waals surface area (Å²) in [5.41, 5.74) is 0. The van der Waals surface area contributed by atoms with Gasteiger partial charge < -0.3 is 10.1 Å². The van der Waals surface area contributed by atoms with Crippen LogP contribution in [0.15, 0.2) is 0 Å². The fourth-order valence-electron chi connectivity index (χ4n) is 0.983.